The van der Waals surface area contributed by atoms with Crippen LogP contribution in [0, 0.1) is 0 Å². The van der Waals surface area contributed by atoms with Crippen LogP contribution in [0.1, 0.15) is 51.7 Å². The maximum Gasteiger partial charge on any atom is 0.373 e. The molecule has 0 saturated heterocycles. The van der Waals surface area contributed by atoms with Gasteiger partial charge in [0.2, 0.25) is 5.76 Å². The Labute approximate surface area is 207 Å². The number of benzene rings is 2. The molecule has 0 aliphatic heterocycles. The third-order valence-corrected chi connectivity index (χ3v) is 5.04. The lowest BCUT2D eigenvalue weighted by Gasteiger charge is -2.14. The van der Waals surface area contributed by atoms with Gasteiger partial charge >= 0.3 is 5.97 Å². The highest BCUT2D eigenvalue weighted by Crippen LogP contribution is 2.31. The first kappa shape index (κ1) is 27.4. The standard InChI is InChI=1S/C27H35ClO6/c1-5-9-15-33-25-18-21(19-26(31-7-3)27(29)32-8-4)11-13-24(25)34-16-14-20-10-12-23(30-6-2)22(28)17-20/h10-13,17-19H,5-9,14-16H2,1-4H3/b26-19-. The highest BCUT2D eigenvalue weighted by molar-refractivity contribution is 6.32. The van der Waals surface area contributed by atoms with E-state index in [1.807, 2.05) is 50.2 Å². The van der Waals surface area contributed by atoms with Crippen molar-refractivity contribution in [2.75, 3.05) is 33.0 Å². The van der Waals surface area contributed by atoms with E-state index < -0.39 is 5.97 Å². The van der Waals surface area contributed by atoms with E-state index in [4.69, 9.17) is 35.3 Å². The number of carbonyl (C=O) groups excluding carboxylic acids is 1. The van der Waals surface area contributed by atoms with Gasteiger partial charge in [-0.3, -0.25) is 0 Å². The summed E-state index contributed by atoms with van der Waals surface area (Å²) in [5.41, 5.74) is 1.81. The third-order valence-electron chi connectivity index (χ3n) is 4.74. The zero-order valence-corrected chi connectivity index (χ0v) is 21.3. The molecule has 0 spiro atoms. The molecule has 0 amide bonds. The van der Waals surface area contributed by atoms with Crippen LogP contribution in [0.5, 0.6) is 17.2 Å². The van der Waals surface area contributed by atoms with Crippen molar-refractivity contribution < 1.29 is 28.5 Å². The summed E-state index contributed by atoms with van der Waals surface area (Å²) < 4.78 is 28.1. The van der Waals surface area contributed by atoms with Crippen LogP contribution in [0.4, 0.5) is 0 Å². The molecule has 0 atom stereocenters. The Hall–Kier alpha value is -2.86. The Morgan fingerprint density at radius 2 is 1.56 bits per heavy atom. The van der Waals surface area contributed by atoms with Crippen LogP contribution < -0.4 is 14.2 Å². The molecular formula is C27H35ClO6. The Morgan fingerprint density at radius 3 is 2.24 bits per heavy atom. The average Bonchev–Trinajstić information content (AvgIpc) is 2.82. The number of unbranched alkanes of at least 4 members (excludes halogenated alkanes) is 1. The molecule has 34 heavy (non-hydrogen) atoms. The second-order valence-corrected chi connectivity index (χ2v) is 7.77. The average molecular weight is 491 g/mol. The predicted octanol–water partition coefficient (Wildman–Crippen LogP) is 6.48. The van der Waals surface area contributed by atoms with E-state index in [-0.39, 0.29) is 12.4 Å². The summed E-state index contributed by atoms with van der Waals surface area (Å²) in [4.78, 5) is 12.2. The number of carbonyl (C=O) groups is 1. The molecule has 2 aromatic rings. The fourth-order valence-electron chi connectivity index (χ4n) is 3.09. The van der Waals surface area contributed by atoms with E-state index in [1.165, 1.54) is 0 Å². The minimum Gasteiger partial charge on any atom is -0.492 e. The summed E-state index contributed by atoms with van der Waals surface area (Å²) in [6.07, 6.45) is 4.28. The SMILES string of the molecule is CCCCOc1cc(/C=C(\OCC)C(=O)OCC)ccc1OCCc1ccc(OCC)c(Cl)c1. The summed E-state index contributed by atoms with van der Waals surface area (Å²) in [7, 11) is 0. The number of ether oxygens (including phenoxy) is 5. The molecule has 0 unspecified atom stereocenters. The lowest BCUT2D eigenvalue weighted by atomic mass is 10.1. The molecule has 0 bridgehead atoms. The van der Waals surface area contributed by atoms with E-state index in [9.17, 15) is 4.79 Å². The monoisotopic (exact) mass is 490 g/mol. The maximum absolute atomic E-state index is 12.2. The van der Waals surface area contributed by atoms with Crippen molar-refractivity contribution in [3.05, 3.63) is 58.3 Å². The molecule has 2 rings (SSSR count). The summed E-state index contributed by atoms with van der Waals surface area (Å²) in [5, 5.41) is 0.589. The zero-order valence-electron chi connectivity index (χ0n) is 20.5. The molecule has 0 N–H and O–H groups in total. The third kappa shape index (κ3) is 8.82. The van der Waals surface area contributed by atoms with Crippen LogP contribution >= 0.6 is 11.6 Å². The first-order valence-corrected chi connectivity index (χ1v) is 12.2. The van der Waals surface area contributed by atoms with Gasteiger partial charge in [-0.05, 0) is 68.7 Å². The number of hydrogen-bond acceptors (Lipinski definition) is 6. The van der Waals surface area contributed by atoms with E-state index in [2.05, 4.69) is 6.92 Å². The highest BCUT2D eigenvalue weighted by Gasteiger charge is 2.14. The van der Waals surface area contributed by atoms with Gasteiger partial charge in [0.05, 0.1) is 38.1 Å². The lowest BCUT2D eigenvalue weighted by Crippen LogP contribution is -2.10. The van der Waals surface area contributed by atoms with E-state index in [0.29, 0.717) is 55.1 Å². The van der Waals surface area contributed by atoms with Gasteiger partial charge in [-0.1, -0.05) is 37.1 Å². The van der Waals surface area contributed by atoms with Crippen molar-refractivity contribution >= 4 is 23.6 Å². The van der Waals surface area contributed by atoms with Gasteiger partial charge in [0, 0.05) is 6.42 Å². The fraction of sp³-hybridized carbons (Fsp3) is 0.444. The molecule has 2 aromatic carbocycles. The Morgan fingerprint density at radius 1 is 0.824 bits per heavy atom. The quantitative estimate of drug-likeness (QED) is 0.123. The highest BCUT2D eigenvalue weighted by atomic mass is 35.5. The summed E-state index contributed by atoms with van der Waals surface area (Å²) in [6.45, 7) is 9.85. The second kappa shape index (κ2) is 15.1. The number of esters is 1. The first-order chi connectivity index (χ1) is 16.5. The van der Waals surface area contributed by atoms with Crippen LogP contribution in [0.3, 0.4) is 0 Å². The summed E-state index contributed by atoms with van der Waals surface area (Å²) in [6, 6.07) is 11.3. The Bertz CT molecular complexity index is 941. The number of hydrogen-bond donors (Lipinski definition) is 0. The molecular weight excluding hydrogens is 456 g/mol. The first-order valence-electron chi connectivity index (χ1n) is 11.8. The van der Waals surface area contributed by atoms with Crippen molar-refractivity contribution in [1.82, 2.24) is 0 Å². The minimum absolute atomic E-state index is 0.157. The molecule has 7 heteroatoms. The molecule has 0 fully saturated rings. The lowest BCUT2D eigenvalue weighted by molar-refractivity contribution is -0.142. The van der Waals surface area contributed by atoms with Gasteiger partial charge in [-0.2, -0.15) is 0 Å². The number of halogens is 1. The van der Waals surface area contributed by atoms with Crippen molar-refractivity contribution in [3.63, 3.8) is 0 Å². The minimum atomic E-state index is -0.493. The van der Waals surface area contributed by atoms with E-state index in [1.54, 1.807) is 13.0 Å². The molecule has 0 heterocycles. The van der Waals surface area contributed by atoms with Gasteiger partial charge in [-0.15, -0.1) is 0 Å². The molecule has 0 radical (unpaired) electrons. The molecule has 0 aromatic heterocycles. The van der Waals surface area contributed by atoms with Crippen LogP contribution in [0.15, 0.2) is 42.2 Å². The van der Waals surface area contributed by atoms with Crippen molar-refractivity contribution in [3.8, 4) is 17.2 Å². The predicted molar refractivity (Wildman–Crippen MR) is 135 cm³/mol. The second-order valence-electron chi connectivity index (χ2n) is 7.37. The topological polar surface area (TPSA) is 63.2 Å². The molecule has 0 aliphatic carbocycles. The van der Waals surface area contributed by atoms with Crippen LogP contribution in [-0.2, 0) is 20.7 Å². The van der Waals surface area contributed by atoms with Crippen LogP contribution in [-0.4, -0.2) is 39.0 Å². The van der Waals surface area contributed by atoms with E-state index >= 15 is 0 Å². The van der Waals surface area contributed by atoms with Gasteiger partial charge < -0.3 is 23.7 Å². The van der Waals surface area contributed by atoms with Gasteiger partial charge in [0.15, 0.2) is 11.5 Å². The fourth-order valence-corrected chi connectivity index (χ4v) is 3.35. The smallest absolute Gasteiger partial charge is 0.373 e. The van der Waals surface area contributed by atoms with Gasteiger partial charge in [0.25, 0.3) is 0 Å². The summed E-state index contributed by atoms with van der Waals surface area (Å²) in [5.74, 6) is 1.60. The maximum atomic E-state index is 12.2. The Kier molecular flexibility index (Phi) is 12.2. The van der Waals surface area contributed by atoms with Crippen LogP contribution in [0.2, 0.25) is 5.02 Å². The molecule has 0 saturated carbocycles. The van der Waals surface area contributed by atoms with Crippen molar-refractivity contribution in [2.24, 2.45) is 0 Å². The zero-order chi connectivity index (χ0) is 24.8. The normalized spacial score (nSPS) is 11.1. The number of rotatable bonds is 15. The van der Waals surface area contributed by atoms with Gasteiger partial charge in [-0.25, -0.2) is 4.79 Å². The van der Waals surface area contributed by atoms with E-state index in [0.717, 1.165) is 24.0 Å². The summed E-state index contributed by atoms with van der Waals surface area (Å²) >= 11 is 6.29. The Balaban J connectivity index is 2.15. The van der Waals surface area contributed by atoms with Gasteiger partial charge in [0.1, 0.15) is 5.75 Å². The molecule has 186 valence electrons. The molecule has 6 nitrogen and oxygen atoms in total. The van der Waals surface area contributed by atoms with Crippen molar-refractivity contribution in [2.45, 2.75) is 47.0 Å². The van der Waals surface area contributed by atoms with Crippen LogP contribution in [0.25, 0.3) is 6.08 Å². The molecule has 0 aliphatic rings. The van der Waals surface area contributed by atoms with Crippen molar-refractivity contribution in [1.29, 1.82) is 0 Å². The largest absolute Gasteiger partial charge is 0.492 e.